The lowest BCUT2D eigenvalue weighted by Crippen LogP contribution is -2.06. The van der Waals surface area contributed by atoms with Gasteiger partial charge in [-0.15, -0.1) is 0 Å². The zero-order valence-corrected chi connectivity index (χ0v) is 10.7. The van der Waals surface area contributed by atoms with Gasteiger partial charge in [-0.3, -0.25) is 0 Å². The second-order valence-corrected chi connectivity index (χ2v) is 4.44. The molecule has 0 atom stereocenters. The number of benzene rings is 2. The van der Waals surface area contributed by atoms with Crippen molar-refractivity contribution in [3.63, 3.8) is 0 Å². The normalized spacial score (nSPS) is 10.8. The molecule has 0 spiro atoms. The Bertz CT molecular complexity index is 585. The standard InChI is InChI=1S/C15H14F3N/c1-9-3-4-10(8-19-2)12(5-9)11-6-13(16)15(18)14(17)7-11/h3-7,19H,8H2,1-2H3. The van der Waals surface area contributed by atoms with E-state index in [0.717, 1.165) is 23.3 Å². The molecule has 0 aliphatic rings. The zero-order chi connectivity index (χ0) is 14.0. The number of rotatable bonds is 3. The summed E-state index contributed by atoms with van der Waals surface area (Å²) >= 11 is 0. The van der Waals surface area contributed by atoms with E-state index in [-0.39, 0.29) is 0 Å². The predicted octanol–water partition coefficient (Wildman–Crippen LogP) is 3.80. The van der Waals surface area contributed by atoms with Crippen LogP contribution in [0.2, 0.25) is 0 Å². The Morgan fingerprint density at radius 2 is 1.63 bits per heavy atom. The van der Waals surface area contributed by atoms with Gasteiger partial charge in [0.15, 0.2) is 17.5 Å². The van der Waals surface area contributed by atoms with Gasteiger partial charge < -0.3 is 5.32 Å². The summed E-state index contributed by atoms with van der Waals surface area (Å²) in [6, 6.07) is 7.68. The van der Waals surface area contributed by atoms with Crippen LogP contribution < -0.4 is 5.32 Å². The molecule has 0 bridgehead atoms. The summed E-state index contributed by atoms with van der Waals surface area (Å²) in [7, 11) is 1.79. The van der Waals surface area contributed by atoms with E-state index < -0.39 is 17.5 Å². The first-order chi connectivity index (χ1) is 9.02. The average molecular weight is 265 g/mol. The minimum Gasteiger partial charge on any atom is -0.316 e. The van der Waals surface area contributed by atoms with Crippen LogP contribution >= 0.6 is 0 Å². The smallest absolute Gasteiger partial charge is 0.194 e. The molecule has 0 fully saturated rings. The molecule has 2 aromatic carbocycles. The minimum absolute atomic E-state index is 0.338. The fourth-order valence-electron chi connectivity index (χ4n) is 2.01. The average Bonchev–Trinajstić information content (AvgIpc) is 2.37. The fraction of sp³-hybridized carbons (Fsp3) is 0.200. The van der Waals surface area contributed by atoms with Crippen molar-refractivity contribution in [2.45, 2.75) is 13.5 Å². The molecule has 0 saturated carbocycles. The summed E-state index contributed by atoms with van der Waals surface area (Å²) in [5.41, 5.74) is 2.91. The van der Waals surface area contributed by atoms with Crippen molar-refractivity contribution in [1.82, 2.24) is 5.32 Å². The molecule has 1 N–H and O–H groups in total. The lowest BCUT2D eigenvalue weighted by molar-refractivity contribution is 0.447. The van der Waals surface area contributed by atoms with Gasteiger partial charge in [0.1, 0.15) is 0 Å². The Labute approximate surface area is 110 Å². The first-order valence-corrected chi connectivity index (χ1v) is 5.92. The maximum absolute atomic E-state index is 13.3. The van der Waals surface area contributed by atoms with Crippen molar-refractivity contribution in [3.05, 3.63) is 58.9 Å². The quantitative estimate of drug-likeness (QED) is 0.832. The van der Waals surface area contributed by atoms with E-state index in [1.165, 1.54) is 0 Å². The molecule has 0 aliphatic carbocycles. The van der Waals surface area contributed by atoms with Gasteiger partial charge in [-0.05, 0) is 42.8 Å². The molecule has 0 saturated heterocycles. The highest BCUT2D eigenvalue weighted by atomic mass is 19.2. The second kappa shape index (κ2) is 5.45. The second-order valence-electron chi connectivity index (χ2n) is 4.44. The molecule has 2 rings (SSSR count). The number of hydrogen-bond acceptors (Lipinski definition) is 1. The number of nitrogens with one attached hydrogen (secondary N) is 1. The van der Waals surface area contributed by atoms with Crippen molar-refractivity contribution in [1.29, 1.82) is 0 Å². The molecule has 0 aromatic heterocycles. The van der Waals surface area contributed by atoms with Gasteiger partial charge in [-0.2, -0.15) is 0 Å². The Morgan fingerprint density at radius 3 is 2.21 bits per heavy atom. The Balaban J connectivity index is 2.60. The molecule has 0 aliphatic heterocycles. The Kier molecular flexibility index (Phi) is 3.90. The van der Waals surface area contributed by atoms with Gasteiger partial charge in [0.25, 0.3) is 0 Å². The van der Waals surface area contributed by atoms with E-state index in [1.54, 1.807) is 7.05 Å². The predicted molar refractivity (Wildman–Crippen MR) is 69.3 cm³/mol. The molecule has 0 heterocycles. The van der Waals surface area contributed by atoms with Crippen LogP contribution in [0.15, 0.2) is 30.3 Å². The third-order valence-corrected chi connectivity index (χ3v) is 2.93. The van der Waals surface area contributed by atoms with Crippen LogP contribution in [0.3, 0.4) is 0 Å². The van der Waals surface area contributed by atoms with Gasteiger partial charge in [0, 0.05) is 6.54 Å². The first-order valence-electron chi connectivity index (χ1n) is 5.92. The van der Waals surface area contributed by atoms with E-state index in [2.05, 4.69) is 5.32 Å². The van der Waals surface area contributed by atoms with Crippen molar-refractivity contribution in [2.24, 2.45) is 0 Å². The van der Waals surface area contributed by atoms with Crippen molar-refractivity contribution < 1.29 is 13.2 Å². The molecule has 0 unspecified atom stereocenters. The van der Waals surface area contributed by atoms with E-state index >= 15 is 0 Å². The van der Waals surface area contributed by atoms with Crippen LogP contribution in [0.5, 0.6) is 0 Å². The van der Waals surface area contributed by atoms with Gasteiger partial charge in [-0.1, -0.05) is 23.8 Å². The van der Waals surface area contributed by atoms with E-state index in [0.29, 0.717) is 17.7 Å². The van der Waals surface area contributed by atoms with Crippen LogP contribution in [0, 0.1) is 24.4 Å². The fourth-order valence-corrected chi connectivity index (χ4v) is 2.01. The lowest BCUT2D eigenvalue weighted by atomic mass is 9.97. The molecule has 0 amide bonds. The summed E-state index contributed by atoms with van der Waals surface area (Å²) in [6.45, 7) is 2.46. The van der Waals surface area contributed by atoms with Crippen LogP contribution in [-0.2, 0) is 6.54 Å². The topological polar surface area (TPSA) is 12.0 Å². The molecule has 4 heteroatoms. The Hall–Kier alpha value is -1.81. The molecule has 2 aromatic rings. The summed E-state index contributed by atoms with van der Waals surface area (Å²) in [4.78, 5) is 0. The molecular weight excluding hydrogens is 251 g/mol. The lowest BCUT2D eigenvalue weighted by Gasteiger charge is -2.11. The van der Waals surface area contributed by atoms with Gasteiger partial charge in [-0.25, -0.2) is 13.2 Å². The third kappa shape index (κ3) is 2.79. The van der Waals surface area contributed by atoms with E-state index in [9.17, 15) is 13.2 Å². The molecular formula is C15H14F3N. The van der Waals surface area contributed by atoms with Crippen molar-refractivity contribution in [2.75, 3.05) is 7.05 Å². The van der Waals surface area contributed by atoms with E-state index in [4.69, 9.17) is 0 Å². The molecule has 100 valence electrons. The number of halogens is 3. The molecule has 1 nitrogen and oxygen atoms in total. The summed E-state index contributed by atoms with van der Waals surface area (Å²) < 4.78 is 39.6. The van der Waals surface area contributed by atoms with Crippen molar-refractivity contribution >= 4 is 0 Å². The maximum Gasteiger partial charge on any atom is 0.194 e. The largest absolute Gasteiger partial charge is 0.316 e. The number of hydrogen-bond donors (Lipinski definition) is 1. The number of aryl methyl sites for hydroxylation is 1. The minimum atomic E-state index is -1.44. The SMILES string of the molecule is CNCc1ccc(C)cc1-c1cc(F)c(F)c(F)c1. The Morgan fingerprint density at radius 1 is 1.00 bits per heavy atom. The van der Waals surface area contributed by atoms with Crippen LogP contribution in [0.4, 0.5) is 13.2 Å². The zero-order valence-electron chi connectivity index (χ0n) is 10.7. The molecule has 0 radical (unpaired) electrons. The summed E-state index contributed by atoms with van der Waals surface area (Å²) in [6.07, 6.45) is 0. The van der Waals surface area contributed by atoms with Crippen molar-refractivity contribution in [3.8, 4) is 11.1 Å². The monoisotopic (exact) mass is 265 g/mol. The third-order valence-electron chi connectivity index (χ3n) is 2.93. The summed E-state index contributed by atoms with van der Waals surface area (Å²) in [5, 5.41) is 2.99. The van der Waals surface area contributed by atoms with Crippen LogP contribution in [-0.4, -0.2) is 7.05 Å². The van der Waals surface area contributed by atoms with Gasteiger partial charge in [0.05, 0.1) is 0 Å². The maximum atomic E-state index is 13.3. The molecule has 19 heavy (non-hydrogen) atoms. The highest BCUT2D eigenvalue weighted by Gasteiger charge is 2.13. The highest BCUT2D eigenvalue weighted by Crippen LogP contribution is 2.28. The van der Waals surface area contributed by atoms with Crippen LogP contribution in [0.1, 0.15) is 11.1 Å². The summed E-state index contributed by atoms with van der Waals surface area (Å²) in [5.74, 6) is -3.79. The van der Waals surface area contributed by atoms with E-state index in [1.807, 2.05) is 25.1 Å². The first kappa shape index (κ1) is 13.6. The highest BCUT2D eigenvalue weighted by molar-refractivity contribution is 5.68. The van der Waals surface area contributed by atoms with Gasteiger partial charge in [0.2, 0.25) is 0 Å². The van der Waals surface area contributed by atoms with Gasteiger partial charge >= 0.3 is 0 Å². The van der Waals surface area contributed by atoms with Crippen LogP contribution in [0.25, 0.3) is 11.1 Å².